The van der Waals surface area contributed by atoms with Crippen LogP contribution < -0.4 is 21.9 Å². The molecule has 27 heavy (non-hydrogen) atoms. The van der Waals surface area contributed by atoms with Crippen LogP contribution in [0.25, 0.3) is 0 Å². The molecule has 0 fully saturated rings. The van der Waals surface area contributed by atoms with E-state index in [1.54, 1.807) is 18.2 Å². The zero-order valence-electron chi connectivity index (χ0n) is 16.4. The van der Waals surface area contributed by atoms with Crippen LogP contribution in [-0.4, -0.2) is 22.0 Å². The molecular weight excluding hydrogens is 344 g/mol. The predicted octanol–water partition coefficient (Wildman–Crippen LogP) is 2.53. The summed E-state index contributed by atoms with van der Waals surface area (Å²) in [4.78, 5) is 41.6. The molecule has 7 nitrogen and oxygen atoms in total. The van der Waals surface area contributed by atoms with Gasteiger partial charge in [0.05, 0.1) is 0 Å². The normalized spacial score (nSPS) is 11.0. The number of amides is 1. The number of unbranched alkanes of at least 4 members (excludes halogenated alkanes) is 1. The van der Waals surface area contributed by atoms with E-state index in [1.807, 2.05) is 33.8 Å². The van der Waals surface area contributed by atoms with Crippen molar-refractivity contribution in [3.05, 3.63) is 56.2 Å². The molecule has 0 unspecified atom stereocenters. The molecule has 2 aromatic rings. The van der Waals surface area contributed by atoms with E-state index in [4.69, 9.17) is 5.73 Å². The summed E-state index contributed by atoms with van der Waals surface area (Å²) in [5.74, 6) is -0.131. The third kappa shape index (κ3) is 4.67. The van der Waals surface area contributed by atoms with E-state index >= 15 is 0 Å². The molecule has 146 valence electrons. The molecule has 3 N–H and O–H groups in total. The Labute approximate surface area is 158 Å². The third-order valence-corrected chi connectivity index (χ3v) is 4.28. The van der Waals surface area contributed by atoms with Crippen molar-refractivity contribution >= 4 is 17.4 Å². The lowest BCUT2D eigenvalue weighted by Crippen LogP contribution is -2.42. The highest BCUT2D eigenvalue weighted by atomic mass is 16.2. The number of nitrogens with zero attached hydrogens (tertiary/aromatic N) is 2. The molecule has 0 saturated heterocycles. The number of rotatable bonds is 7. The van der Waals surface area contributed by atoms with Gasteiger partial charge in [0.1, 0.15) is 5.82 Å². The van der Waals surface area contributed by atoms with Crippen molar-refractivity contribution in [1.82, 2.24) is 9.55 Å². The van der Waals surface area contributed by atoms with Crippen LogP contribution in [0.4, 0.5) is 11.5 Å². The number of hydrogen-bond acceptors (Lipinski definition) is 4. The molecule has 0 aliphatic carbocycles. The van der Waals surface area contributed by atoms with Gasteiger partial charge in [-0.05, 0) is 31.4 Å². The van der Waals surface area contributed by atoms with E-state index < -0.39 is 11.2 Å². The third-order valence-electron chi connectivity index (χ3n) is 4.28. The predicted molar refractivity (Wildman–Crippen MR) is 108 cm³/mol. The Morgan fingerprint density at radius 3 is 2.59 bits per heavy atom. The van der Waals surface area contributed by atoms with Crippen molar-refractivity contribution in [3.8, 4) is 0 Å². The standard InChI is InChI=1S/C20H28N4O3/c1-5-6-10-23(19(26)15-9-7-8-14(4)11-15)16-17(21)24(12-13(2)3)20(27)22-18(16)25/h7-9,11,13H,5-6,10,12,21H2,1-4H3,(H,22,25,27). The Morgan fingerprint density at radius 2 is 2.00 bits per heavy atom. The maximum atomic E-state index is 13.2. The Hall–Kier alpha value is -2.83. The van der Waals surface area contributed by atoms with Crippen molar-refractivity contribution in [2.24, 2.45) is 5.92 Å². The van der Waals surface area contributed by atoms with E-state index in [-0.39, 0.29) is 23.3 Å². The minimum atomic E-state index is -0.644. The number of aryl methyl sites for hydroxylation is 1. The molecule has 1 aromatic carbocycles. The fourth-order valence-electron chi connectivity index (χ4n) is 2.95. The lowest BCUT2D eigenvalue weighted by atomic mass is 10.1. The number of carbonyl (C=O) groups is 1. The molecule has 0 aliphatic heterocycles. The van der Waals surface area contributed by atoms with E-state index in [0.717, 1.165) is 12.0 Å². The van der Waals surface area contributed by atoms with Crippen molar-refractivity contribution in [1.29, 1.82) is 0 Å². The highest BCUT2D eigenvalue weighted by molar-refractivity contribution is 6.07. The number of anilines is 2. The zero-order valence-corrected chi connectivity index (χ0v) is 16.4. The topological polar surface area (TPSA) is 101 Å². The van der Waals surface area contributed by atoms with Gasteiger partial charge < -0.3 is 10.6 Å². The summed E-state index contributed by atoms with van der Waals surface area (Å²) in [6, 6.07) is 7.18. The van der Waals surface area contributed by atoms with Crippen LogP contribution in [0.2, 0.25) is 0 Å². The average Bonchev–Trinajstić information content (AvgIpc) is 2.60. The van der Waals surface area contributed by atoms with E-state index in [9.17, 15) is 14.4 Å². The van der Waals surface area contributed by atoms with Gasteiger partial charge in [-0.15, -0.1) is 0 Å². The second kappa shape index (κ2) is 8.70. The molecule has 1 aromatic heterocycles. The average molecular weight is 372 g/mol. The number of hydrogen-bond donors (Lipinski definition) is 2. The quantitative estimate of drug-likeness (QED) is 0.780. The molecule has 2 rings (SSSR count). The first-order valence-corrected chi connectivity index (χ1v) is 9.27. The summed E-state index contributed by atoms with van der Waals surface area (Å²) in [5.41, 5.74) is 6.46. The van der Waals surface area contributed by atoms with Crippen molar-refractivity contribution in [3.63, 3.8) is 0 Å². The van der Waals surface area contributed by atoms with Gasteiger partial charge in [-0.25, -0.2) is 4.79 Å². The van der Waals surface area contributed by atoms with Gasteiger partial charge >= 0.3 is 5.69 Å². The highest BCUT2D eigenvalue weighted by Gasteiger charge is 2.25. The number of nitrogens with one attached hydrogen (secondary N) is 1. The molecule has 0 spiro atoms. The van der Waals surface area contributed by atoms with Gasteiger partial charge in [0.2, 0.25) is 0 Å². The summed E-state index contributed by atoms with van der Waals surface area (Å²) in [7, 11) is 0. The van der Waals surface area contributed by atoms with E-state index in [1.165, 1.54) is 9.47 Å². The van der Waals surface area contributed by atoms with Gasteiger partial charge in [0, 0.05) is 18.7 Å². The van der Waals surface area contributed by atoms with Gasteiger partial charge in [0.25, 0.3) is 11.5 Å². The molecule has 0 aliphatic rings. The van der Waals surface area contributed by atoms with E-state index in [0.29, 0.717) is 25.1 Å². The van der Waals surface area contributed by atoms with Crippen molar-refractivity contribution in [2.75, 3.05) is 17.2 Å². The molecule has 1 heterocycles. The summed E-state index contributed by atoms with van der Waals surface area (Å²) in [6.07, 6.45) is 1.56. The zero-order chi connectivity index (χ0) is 20.1. The first-order valence-electron chi connectivity index (χ1n) is 9.27. The molecule has 7 heteroatoms. The summed E-state index contributed by atoms with van der Waals surface area (Å²) in [5, 5.41) is 0. The Morgan fingerprint density at radius 1 is 1.30 bits per heavy atom. The maximum Gasteiger partial charge on any atom is 0.330 e. The summed E-state index contributed by atoms with van der Waals surface area (Å²) < 4.78 is 1.32. The van der Waals surface area contributed by atoms with Crippen LogP contribution in [0.15, 0.2) is 33.9 Å². The second-order valence-corrected chi connectivity index (χ2v) is 7.18. The van der Waals surface area contributed by atoms with E-state index in [2.05, 4.69) is 4.98 Å². The summed E-state index contributed by atoms with van der Waals surface area (Å²) >= 11 is 0. The SMILES string of the molecule is CCCCN(C(=O)c1cccc(C)c1)c1c(N)n(CC(C)C)c(=O)[nH]c1=O. The molecule has 0 bridgehead atoms. The Kier molecular flexibility index (Phi) is 6.60. The van der Waals surface area contributed by atoms with Crippen LogP contribution in [0.5, 0.6) is 0 Å². The minimum absolute atomic E-state index is 0.0227. The smallest absolute Gasteiger partial charge is 0.330 e. The maximum absolute atomic E-state index is 13.2. The fourth-order valence-corrected chi connectivity index (χ4v) is 2.95. The lowest BCUT2D eigenvalue weighted by molar-refractivity contribution is 0.0986. The van der Waals surface area contributed by atoms with Crippen molar-refractivity contribution in [2.45, 2.75) is 47.1 Å². The van der Waals surface area contributed by atoms with Gasteiger partial charge in [-0.1, -0.05) is 44.9 Å². The van der Waals surface area contributed by atoms with Gasteiger partial charge in [-0.3, -0.25) is 19.1 Å². The van der Waals surface area contributed by atoms with Crippen LogP contribution >= 0.6 is 0 Å². The van der Waals surface area contributed by atoms with Crippen LogP contribution in [0.1, 0.15) is 49.5 Å². The van der Waals surface area contributed by atoms with Crippen LogP contribution in [0, 0.1) is 12.8 Å². The van der Waals surface area contributed by atoms with Crippen molar-refractivity contribution < 1.29 is 4.79 Å². The number of aromatic nitrogens is 2. The van der Waals surface area contributed by atoms with Gasteiger partial charge in [0.15, 0.2) is 5.69 Å². The number of benzene rings is 1. The van der Waals surface area contributed by atoms with Gasteiger partial charge in [-0.2, -0.15) is 0 Å². The van der Waals surface area contributed by atoms with Crippen LogP contribution in [-0.2, 0) is 6.54 Å². The first kappa shape index (κ1) is 20.5. The summed E-state index contributed by atoms with van der Waals surface area (Å²) in [6.45, 7) is 8.50. The monoisotopic (exact) mass is 372 g/mol. The number of nitrogen functional groups attached to an aromatic ring is 1. The highest BCUT2D eigenvalue weighted by Crippen LogP contribution is 2.21. The largest absolute Gasteiger partial charge is 0.383 e. The molecule has 0 atom stereocenters. The molecular formula is C20H28N4O3. The number of aromatic amines is 1. The minimum Gasteiger partial charge on any atom is -0.383 e. The molecule has 0 radical (unpaired) electrons. The number of carbonyl (C=O) groups excluding carboxylic acids is 1. The Balaban J connectivity index is 2.61. The molecule has 1 amide bonds. The first-order chi connectivity index (χ1) is 12.8. The number of nitrogens with two attached hydrogens (primary N) is 1. The lowest BCUT2D eigenvalue weighted by Gasteiger charge is -2.25. The fraction of sp³-hybridized carbons (Fsp3) is 0.450. The Bertz CT molecular complexity index is 928. The van der Waals surface area contributed by atoms with Crippen LogP contribution in [0.3, 0.4) is 0 Å². The second-order valence-electron chi connectivity index (χ2n) is 7.18. The molecule has 0 saturated carbocycles. The number of H-pyrrole nitrogens is 1.